The number of nitrogens with zero attached hydrogens (tertiary/aromatic N) is 2. The molecule has 2 aromatic rings. The smallest absolute Gasteiger partial charge is 0.132 e. The first-order chi connectivity index (χ1) is 23.1. The minimum absolute atomic E-state index is 0. The molecular weight excluding hydrogens is 627 g/mol. The molecule has 0 atom stereocenters. The topological polar surface area (TPSA) is 24.7 Å². The van der Waals surface area contributed by atoms with Crippen molar-refractivity contribution in [2.75, 3.05) is 0 Å². The molecule has 48 heavy (non-hydrogen) atoms. The van der Waals surface area contributed by atoms with Crippen LogP contribution in [0.4, 0.5) is 11.4 Å². The van der Waals surface area contributed by atoms with Gasteiger partial charge in [-0.3, -0.25) is 4.99 Å². The molecule has 270 valence electrons. The molecule has 0 N–H and O–H groups in total. The van der Waals surface area contributed by atoms with Crippen molar-refractivity contribution in [3.8, 4) is 11.8 Å². The predicted molar refractivity (Wildman–Crippen MR) is 211 cm³/mol. The minimum Gasteiger partial charge on any atom is -0.254 e. The Morgan fingerprint density at radius 2 is 0.854 bits per heavy atom. The molecular formula is C45H70N2Ni. The van der Waals surface area contributed by atoms with E-state index in [1.165, 1.54) is 144 Å². The molecule has 0 aliphatic heterocycles. The van der Waals surface area contributed by atoms with Gasteiger partial charge in [0.2, 0.25) is 0 Å². The monoisotopic (exact) mass is 696 g/mol. The van der Waals surface area contributed by atoms with E-state index < -0.39 is 0 Å². The van der Waals surface area contributed by atoms with Crippen LogP contribution >= 0.6 is 0 Å². The molecule has 0 aliphatic rings. The molecule has 0 saturated heterocycles. The molecule has 0 radical (unpaired) electrons. The zero-order valence-electron chi connectivity index (χ0n) is 31.7. The fraction of sp³-hybridized carbons (Fsp3) is 0.644. The standard InChI is InChI=1S/C45H70N2.Ni/c1-6-11-16-17-18-19-20-21-26-31-43(47-45-36-41(29-24-14-9-4)33-42(37-45)30-25-15-10-5)38-46-44-34-39(27-22-12-7-2)32-40(35-44)28-23-13-8-3;/h32-38H,6-25,27-30H2,1-5H3;. The number of hydrogen-bond donors (Lipinski definition) is 0. The summed E-state index contributed by atoms with van der Waals surface area (Å²) >= 11 is 0. The van der Waals surface area contributed by atoms with Crippen LogP contribution in [0.1, 0.15) is 185 Å². The van der Waals surface area contributed by atoms with Crippen molar-refractivity contribution in [1.29, 1.82) is 0 Å². The summed E-state index contributed by atoms with van der Waals surface area (Å²) in [6.45, 7) is 11.4. The van der Waals surface area contributed by atoms with E-state index >= 15 is 0 Å². The van der Waals surface area contributed by atoms with Crippen LogP contribution in [0.3, 0.4) is 0 Å². The number of unbranched alkanes of at least 4 members (excludes halogenated alkanes) is 15. The van der Waals surface area contributed by atoms with Gasteiger partial charge < -0.3 is 0 Å². The van der Waals surface area contributed by atoms with E-state index in [1.54, 1.807) is 0 Å². The number of hydrogen-bond acceptors (Lipinski definition) is 2. The molecule has 0 aliphatic carbocycles. The Balaban J connectivity index is 0.0000115. The van der Waals surface area contributed by atoms with Crippen molar-refractivity contribution in [3.05, 3.63) is 58.7 Å². The quantitative estimate of drug-likeness (QED) is 0.0405. The van der Waals surface area contributed by atoms with E-state index in [-0.39, 0.29) is 16.5 Å². The number of aliphatic imine (C=N–C) groups is 2. The number of benzene rings is 2. The van der Waals surface area contributed by atoms with E-state index in [9.17, 15) is 0 Å². The Morgan fingerprint density at radius 3 is 1.29 bits per heavy atom. The SMILES string of the molecule is CCCCCCCCCC#CC(C=Nc1cc(CCCCC)cc(CCCCC)c1)=Nc1cc(CCCCC)cc(CCCCC)c1.[Ni]. The van der Waals surface area contributed by atoms with Crippen LogP contribution in [0, 0.1) is 11.8 Å². The first kappa shape index (κ1) is 43.9. The van der Waals surface area contributed by atoms with Crippen LogP contribution in [-0.4, -0.2) is 11.9 Å². The molecule has 0 fully saturated rings. The number of rotatable bonds is 26. The molecule has 0 saturated carbocycles. The largest absolute Gasteiger partial charge is 0.254 e. The fourth-order valence-corrected chi connectivity index (χ4v) is 6.21. The third-order valence-electron chi connectivity index (χ3n) is 9.06. The van der Waals surface area contributed by atoms with Crippen molar-refractivity contribution in [3.63, 3.8) is 0 Å². The molecule has 0 spiro atoms. The normalized spacial score (nSPS) is 11.5. The summed E-state index contributed by atoms with van der Waals surface area (Å²) in [7, 11) is 0. The van der Waals surface area contributed by atoms with Crippen molar-refractivity contribution in [2.45, 2.75) is 189 Å². The van der Waals surface area contributed by atoms with Gasteiger partial charge in [0.15, 0.2) is 0 Å². The van der Waals surface area contributed by atoms with E-state index in [0.29, 0.717) is 0 Å². The van der Waals surface area contributed by atoms with Crippen LogP contribution in [0.15, 0.2) is 46.4 Å². The van der Waals surface area contributed by atoms with Gasteiger partial charge in [0.25, 0.3) is 0 Å². The summed E-state index contributed by atoms with van der Waals surface area (Å²) in [5.74, 6) is 6.93. The average molecular weight is 698 g/mol. The Labute approximate surface area is 307 Å². The molecule has 3 heteroatoms. The Bertz CT molecular complexity index is 1160. The van der Waals surface area contributed by atoms with Gasteiger partial charge in [-0.15, -0.1) is 0 Å². The third kappa shape index (κ3) is 21.0. The fourth-order valence-electron chi connectivity index (χ4n) is 6.21. The van der Waals surface area contributed by atoms with Gasteiger partial charge in [0.05, 0.1) is 17.6 Å². The van der Waals surface area contributed by atoms with Crippen LogP contribution in [0.5, 0.6) is 0 Å². The molecule has 2 nitrogen and oxygen atoms in total. The van der Waals surface area contributed by atoms with Crippen molar-refractivity contribution in [1.82, 2.24) is 0 Å². The van der Waals surface area contributed by atoms with Gasteiger partial charge in [-0.05, 0) is 110 Å². The molecule has 0 heterocycles. The second kappa shape index (κ2) is 29.7. The Hall–Kier alpha value is -2.17. The van der Waals surface area contributed by atoms with Crippen molar-refractivity contribution >= 4 is 23.3 Å². The van der Waals surface area contributed by atoms with Crippen LogP contribution in [0.25, 0.3) is 0 Å². The van der Waals surface area contributed by atoms with Crippen LogP contribution in [0.2, 0.25) is 0 Å². The zero-order valence-corrected chi connectivity index (χ0v) is 32.7. The summed E-state index contributed by atoms with van der Waals surface area (Å²) < 4.78 is 0. The van der Waals surface area contributed by atoms with Gasteiger partial charge in [-0.25, -0.2) is 4.99 Å². The summed E-state index contributed by atoms with van der Waals surface area (Å²) in [4.78, 5) is 10.2. The molecule has 0 bridgehead atoms. The molecule has 2 aromatic carbocycles. The van der Waals surface area contributed by atoms with E-state index in [1.807, 2.05) is 6.21 Å². The maximum atomic E-state index is 5.18. The summed E-state index contributed by atoms with van der Waals surface area (Å²) in [5.41, 5.74) is 8.51. The van der Waals surface area contributed by atoms with Gasteiger partial charge in [0, 0.05) is 22.9 Å². The molecule has 0 unspecified atom stereocenters. The Kier molecular flexibility index (Phi) is 27.2. The molecule has 0 aromatic heterocycles. The maximum Gasteiger partial charge on any atom is 0.132 e. The first-order valence-electron chi connectivity index (χ1n) is 20.0. The van der Waals surface area contributed by atoms with Gasteiger partial charge >= 0.3 is 0 Å². The second-order valence-electron chi connectivity index (χ2n) is 13.8. The molecule has 0 amide bonds. The van der Waals surface area contributed by atoms with Gasteiger partial charge in [-0.2, -0.15) is 0 Å². The molecule has 2 rings (SSSR count). The van der Waals surface area contributed by atoms with Crippen LogP contribution < -0.4 is 0 Å². The Morgan fingerprint density at radius 1 is 0.479 bits per heavy atom. The maximum absolute atomic E-state index is 5.18. The third-order valence-corrected chi connectivity index (χ3v) is 9.06. The zero-order chi connectivity index (χ0) is 33.8. The van der Waals surface area contributed by atoms with E-state index in [0.717, 1.165) is 49.2 Å². The predicted octanol–water partition coefficient (Wildman–Crippen LogP) is 14.2. The van der Waals surface area contributed by atoms with Crippen molar-refractivity contribution < 1.29 is 16.5 Å². The van der Waals surface area contributed by atoms with Gasteiger partial charge in [0.1, 0.15) is 5.71 Å². The minimum atomic E-state index is 0. The van der Waals surface area contributed by atoms with E-state index in [4.69, 9.17) is 9.98 Å². The summed E-state index contributed by atoms with van der Waals surface area (Å²) in [5, 5.41) is 0. The second-order valence-corrected chi connectivity index (χ2v) is 13.8. The average Bonchev–Trinajstić information content (AvgIpc) is 3.07. The van der Waals surface area contributed by atoms with E-state index in [2.05, 4.69) is 82.9 Å². The van der Waals surface area contributed by atoms with Gasteiger partial charge in [-0.1, -0.05) is 143 Å². The van der Waals surface area contributed by atoms with Crippen molar-refractivity contribution in [2.24, 2.45) is 9.98 Å². The number of aryl methyl sites for hydroxylation is 4. The van der Waals surface area contributed by atoms with Crippen LogP contribution in [-0.2, 0) is 42.2 Å². The summed E-state index contributed by atoms with van der Waals surface area (Å²) in [6.07, 6.45) is 31.6. The first-order valence-corrected chi connectivity index (χ1v) is 20.0. The summed E-state index contributed by atoms with van der Waals surface area (Å²) in [6, 6.07) is 14.0.